The molecule has 0 spiro atoms. The summed E-state index contributed by atoms with van der Waals surface area (Å²) in [7, 11) is 0. The number of nitrogens with two attached hydrogens (primary N) is 1. The van der Waals surface area contributed by atoms with Crippen molar-refractivity contribution >= 4 is 11.9 Å². The highest BCUT2D eigenvalue weighted by Crippen LogP contribution is 2.09. The molecule has 1 amide bonds. The summed E-state index contributed by atoms with van der Waals surface area (Å²) in [6.45, 7) is 1.63. The number of nitrogens with one attached hydrogen (secondary N) is 1. The van der Waals surface area contributed by atoms with Crippen molar-refractivity contribution in [2.75, 3.05) is 6.54 Å². The summed E-state index contributed by atoms with van der Waals surface area (Å²) < 4.78 is 0. The van der Waals surface area contributed by atoms with Gasteiger partial charge in [-0.05, 0) is 24.6 Å². The topological polar surface area (TPSA) is 113 Å². The van der Waals surface area contributed by atoms with Crippen LogP contribution in [-0.2, 0) is 11.3 Å². The second-order valence-corrected chi connectivity index (χ2v) is 4.65. The number of hydrogen-bond donors (Lipinski definition) is 4. The molecule has 0 bridgehead atoms. The first-order chi connectivity index (χ1) is 8.84. The first kappa shape index (κ1) is 15.1. The second kappa shape index (κ2) is 6.31. The molecule has 0 radical (unpaired) electrons. The zero-order valence-electron chi connectivity index (χ0n) is 10.7. The second-order valence-electron chi connectivity index (χ2n) is 4.65. The zero-order valence-corrected chi connectivity index (χ0v) is 10.7. The quantitative estimate of drug-likeness (QED) is 0.583. The van der Waals surface area contributed by atoms with Gasteiger partial charge in [-0.2, -0.15) is 0 Å². The van der Waals surface area contributed by atoms with Gasteiger partial charge < -0.3 is 21.3 Å². The zero-order chi connectivity index (χ0) is 14.5. The normalized spacial score (nSPS) is 13.6. The first-order valence-corrected chi connectivity index (χ1v) is 5.85. The molecule has 0 heterocycles. The Balaban J connectivity index is 2.57. The molecule has 1 unspecified atom stereocenters. The van der Waals surface area contributed by atoms with E-state index in [4.69, 9.17) is 10.8 Å². The number of carboxylic acid groups (broad SMARTS) is 1. The van der Waals surface area contributed by atoms with Gasteiger partial charge in [0, 0.05) is 18.7 Å². The summed E-state index contributed by atoms with van der Waals surface area (Å²) >= 11 is 0. The number of aliphatic hydroxyl groups is 1. The maximum absolute atomic E-state index is 11.8. The molecule has 6 heteroatoms. The number of aliphatic carboxylic acids is 1. The van der Waals surface area contributed by atoms with Gasteiger partial charge in [0.2, 0.25) is 0 Å². The Labute approximate surface area is 111 Å². The molecule has 1 atom stereocenters. The van der Waals surface area contributed by atoms with Crippen molar-refractivity contribution in [3.8, 4) is 0 Å². The number of amides is 1. The van der Waals surface area contributed by atoms with Crippen LogP contribution in [0.15, 0.2) is 24.3 Å². The predicted molar refractivity (Wildman–Crippen MR) is 69.5 cm³/mol. The van der Waals surface area contributed by atoms with Crippen LogP contribution < -0.4 is 11.1 Å². The molecule has 0 saturated carbocycles. The minimum atomic E-state index is -1.47. The lowest BCUT2D eigenvalue weighted by Gasteiger charge is -2.21. The van der Waals surface area contributed by atoms with Crippen molar-refractivity contribution in [3.63, 3.8) is 0 Å². The third-order valence-corrected chi connectivity index (χ3v) is 2.61. The maximum Gasteiger partial charge on any atom is 0.306 e. The first-order valence-electron chi connectivity index (χ1n) is 5.85. The number of hydrogen-bond acceptors (Lipinski definition) is 4. The summed E-state index contributed by atoms with van der Waals surface area (Å²) in [4.78, 5) is 22.3. The molecule has 6 nitrogen and oxygen atoms in total. The Bertz CT molecular complexity index is 454. The number of carbonyl (C=O) groups is 2. The molecule has 5 N–H and O–H groups in total. The van der Waals surface area contributed by atoms with Crippen molar-refractivity contribution in [1.82, 2.24) is 5.32 Å². The summed E-state index contributed by atoms with van der Waals surface area (Å²) in [6, 6.07) is 6.74. The third-order valence-electron chi connectivity index (χ3n) is 2.61. The highest BCUT2D eigenvalue weighted by atomic mass is 16.4. The van der Waals surface area contributed by atoms with E-state index in [9.17, 15) is 14.7 Å². The van der Waals surface area contributed by atoms with Gasteiger partial charge >= 0.3 is 5.97 Å². The molecule has 1 aromatic carbocycles. The Morgan fingerprint density at radius 3 is 2.37 bits per heavy atom. The smallest absolute Gasteiger partial charge is 0.306 e. The number of benzene rings is 1. The SMILES string of the molecule is CC(O)(CNC(=O)c1ccc(CN)cc1)CC(=O)O. The van der Waals surface area contributed by atoms with Crippen molar-refractivity contribution in [2.24, 2.45) is 5.73 Å². The third kappa shape index (κ3) is 5.07. The van der Waals surface area contributed by atoms with Crippen molar-refractivity contribution in [2.45, 2.75) is 25.5 Å². The molecule has 0 saturated heterocycles. The molecule has 0 aliphatic heterocycles. The van der Waals surface area contributed by atoms with Crippen LogP contribution in [0.2, 0.25) is 0 Å². The monoisotopic (exact) mass is 266 g/mol. The summed E-state index contributed by atoms with van der Waals surface area (Å²) in [5, 5.41) is 20.9. The Morgan fingerprint density at radius 2 is 1.89 bits per heavy atom. The van der Waals surface area contributed by atoms with Crippen LogP contribution in [0.4, 0.5) is 0 Å². The van der Waals surface area contributed by atoms with Gasteiger partial charge in [-0.15, -0.1) is 0 Å². The van der Waals surface area contributed by atoms with Crippen molar-refractivity contribution < 1.29 is 19.8 Å². The molecule has 0 aliphatic rings. The summed E-state index contributed by atoms with van der Waals surface area (Å²) in [5.41, 5.74) is 5.32. The van der Waals surface area contributed by atoms with Gasteiger partial charge in [-0.25, -0.2) is 0 Å². The molecule has 0 fully saturated rings. The van der Waals surface area contributed by atoms with Gasteiger partial charge in [0.25, 0.3) is 5.91 Å². The minimum Gasteiger partial charge on any atom is -0.481 e. The van der Waals surface area contributed by atoms with Crippen LogP contribution in [0.1, 0.15) is 29.3 Å². The molecule has 19 heavy (non-hydrogen) atoms. The van der Waals surface area contributed by atoms with Crippen LogP contribution in [0, 0.1) is 0 Å². The van der Waals surface area contributed by atoms with E-state index in [0.29, 0.717) is 12.1 Å². The largest absolute Gasteiger partial charge is 0.481 e. The van der Waals surface area contributed by atoms with Crippen LogP contribution in [-0.4, -0.2) is 34.2 Å². The van der Waals surface area contributed by atoms with E-state index < -0.39 is 18.0 Å². The lowest BCUT2D eigenvalue weighted by atomic mass is 10.0. The molecule has 0 aliphatic carbocycles. The summed E-state index contributed by atoms with van der Waals surface area (Å²) in [5.74, 6) is -1.49. The molecule has 1 rings (SSSR count). The van der Waals surface area contributed by atoms with Crippen molar-refractivity contribution in [1.29, 1.82) is 0 Å². The van der Waals surface area contributed by atoms with E-state index in [1.54, 1.807) is 24.3 Å². The van der Waals surface area contributed by atoms with Crippen LogP contribution in [0.3, 0.4) is 0 Å². The van der Waals surface area contributed by atoms with Crippen LogP contribution >= 0.6 is 0 Å². The number of rotatable bonds is 6. The van der Waals surface area contributed by atoms with E-state index in [1.807, 2.05) is 0 Å². The van der Waals surface area contributed by atoms with E-state index in [-0.39, 0.29) is 12.5 Å². The molecule has 1 aromatic rings. The van der Waals surface area contributed by atoms with Gasteiger partial charge in [-0.1, -0.05) is 12.1 Å². The van der Waals surface area contributed by atoms with E-state index >= 15 is 0 Å². The highest BCUT2D eigenvalue weighted by molar-refractivity contribution is 5.94. The molecule has 0 aromatic heterocycles. The van der Waals surface area contributed by atoms with E-state index in [1.165, 1.54) is 6.92 Å². The summed E-state index contributed by atoms with van der Waals surface area (Å²) in [6.07, 6.45) is -0.431. The molecular weight excluding hydrogens is 248 g/mol. The van der Waals surface area contributed by atoms with Crippen LogP contribution in [0.5, 0.6) is 0 Å². The van der Waals surface area contributed by atoms with Crippen molar-refractivity contribution in [3.05, 3.63) is 35.4 Å². The standard InChI is InChI=1S/C13H18N2O4/c1-13(19,6-11(16)17)8-15-12(18)10-4-2-9(7-14)3-5-10/h2-5,19H,6-8,14H2,1H3,(H,15,18)(H,16,17). The predicted octanol–water partition coefficient (Wildman–Crippen LogP) is 0.101. The molecule has 104 valence electrons. The lowest BCUT2D eigenvalue weighted by molar-refractivity contribution is -0.141. The van der Waals surface area contributed by atoms with Crippen LogP contribution in [0.25, 0.3) is 0 Å². The Hall–Kier alpha value is -1.92. The fraction of sp³-hybridized carbons (Fsp3) is 0.385. The Kier molecular flexibility index (Phi) is 5.02. The fourth-order valence-corrected chi connectivity index (χ4v) is 1.55. The van der Waals surface area contributed by atoms with E-state index in [2.05, 4.69) is 5.32 Å². The number of carboxylic acids is 1. The number of carbonyl (C=O) groups excluding carboxylic acids is 1. The average Bonchev–Trinajstić information content (AvgIpc) is 2.34. The fourth-order valence-electron chi connectivity index (χ4n) is 1.55. The van der Waals surface area contributed by atoms with Gasteiger partial charge in [-0.3, -0.25) is 9.59 Å². The van der Waals surface area contributed by atoms with E-state index in [0.717, 1.165) is 5.56 Å². The average molecular weight is 266 g/mol. The Morgan fingerprint density at radius 1 is 1.32 bits per heavy atom. The van der Waals surface area contributed by atoms with Gasteiger partial charge in [0.15, 0.2) is 0 Å². The van der Waals surface area contributed by atoms with Gasteiger partial charge in [0.05, 0.1) is 12.0 Å². The molecular formula is C13H18N2O4. The van der Waals surface area contributed by atoms with Gasteiger partial charge in [0.1, 0.15) is 0 Å². The lowest BCUT2D eigenvalue weighted by Crippen LogP contribution is -2.42. The highest BCUT2D eigenvalue weighted by Gasteiger charge is 2.24. The maximum atomic E-state index is 11.8. The minimum absolute atomic E-state index is 0.128.